The molecule has 0 aromatic carbocycles. The number of esters is 1. The zero-order chi connectivity index (χ0) is 15.3. The van der Waals surface area contributed by atoms with E-state index in [-0.39, 0.29) is 12.2 Å². The summed E-state index contributed by atoms with van der Waals surface area (Å²) < 4.78 is 10.4. The van der Waals surface area contributed by atoms with E-state index >= 15 is 0 Å². The Morgan fingerprint density at radius 2 is 2.05 bits per heavy atom. The third kappa shape index (κ3) is 1.64. The molecule has 0 saturated carbocycles. The van der Waals surface area contributed by atoms with Gasteiger partial charge in [-0.3, -0.25) is 14.5 Å². The van der Waals surface area contributed by atoms with Crippen LogP contribution in [0.5, 0.6) is 0 Å². The number of ether oxygens (including phenoxy) is 2. The van der Waals surface area contributed by atoms with Crippen molar-refractivity contribution in [3.05, 3.63) is 11.6 Å². The van der Waals surface area contributed by atoms with Crippen LogP contribution in [0, 0.1) is 5.41 Å². The predicted octanol–water partition coefficient (Wildman–Crippen LogP) is 0.658. The Balaban J connectivity index is 2.61. The molecule has 0 aliphatic carbocycles. The number of fused-ring (bicyclic) bond motifs is 1. The summed E-state index contributed by atoms with van der Waals surface area (Å²) in [5.41, 5.74) is -2.06. The van der Waals surface area contributed by atoms with Gasteiger partial charge in [-0.15, -0.1) is 0 Å². The molecule has 0 N–H and O–H groups in total. The van der Waals surface area contributed by atoms with Gasteiger partial charge >= 0.3 is 5.97 Å². The van der Waals surface area contributed by atoms with Gasteiger partial charge in [0.25, 0.3) is 5.91 Å². The first-order chi connectivity index (χ1) is 9.21. The molecule has 2 atom stereocenters. The first-order valence-corrected chi connectivity index (χ1v) is 6.46. The van der Waals surface area contributed by atoms with Crippen LogP contribution >= 0.6 is 0 Å². The van der Waals surface area contributed by atoms with Gasteiger partial charge in [0.2, 0.25) is 11.3 Å². The number of methoxy groups -OCH3 is 1. The van der Waals surface area contributed by atoms with Crippen molar-refractivity contribution in [2.75, 3.05) is 13.7 Å². The summed E-state index contributed by atoms with van der Waals surface area (Å²) in [4.78, 5) is 38.4. The molecule has 2 saturated heterocycles. The maximum atomic E-state index is 12.5. The van der Waals surface area contributed by atoms with Gasteiger partial charge in [0.1, 0.15) is 6.23 Å². The second-order valence-corrected chi connectivity index (χ2v) is 6.09. The zero-order valence-electron chi connectivity index (χ0n) is 12.4. The SMILES string of the molecule is C/C=C1/C(=O)N2[C@@H](C(C)(C)C)OC[C@]2(C(=O)OC)C1=O. The molecule has 0 aromatic rings. The first-order valence-electron chi connectivity index (χ1n) is 6.46. The number of Topliss-reactive ketones (excluding diaryl/α,β-unsaturated/α-hetero) is 1. The van der Waals surface area contributed by atoms with E-state index in [1.165, 1.54) is 18.1 Å². The van der Waals surface area contributed by atoms with E-state index < -0.39 is 34.8 Å². The number of ketones is 1. The maximum absolute atomic E-state index is 12.5. The number of carbonyl (C=O) groups excluding carboxylic acids is 3. The largest absolute Gasteiger partial charge is 0.467 e. The molecule has 0 radical (unpaired) electrons. The fourth-order valence-corrected chi connectivity index (χ4v) is 2.76. The number of nitrogens with zero attached hydrogens (tertiary/aromatic N) is 1. The van der Waals surface area contributed by atoms with Crippen molar-refractivity contribution in [3.63, 3.8) is 0 Å². The summed E-state index contributed by atoms with van der Waals surface area (Å²) in [6.07, 6.45) is 0.795. The Morgan fingerprint density at radius 1 is 1.45 bits per heavy atom. The van der Waals surface area contributed by atoms with Crippen molar-refractivity contribution in [3.8, 4) is 0 Å². The smallest absolute Gasteiger partial charge is 0.342 e. The van der Waals surface area contributed by atoms with Crippen LogP contribution in [0.4, 0.5) is 0 Å². The average molecular weight is 281 g/mol. The number of hydrogen-bond acceptors (Lipinski definition) is 5. The lowest BCUT2D eigenvalue weighted by molar-refractivity contribution is -0.160. The van der Waals surface area contributed by atoms with Crippen LogP contribution in [0.2, 0.25) is 0 Å². The molecular formula is C14H19NO5. The highest BCUT2D eigenvalue weighted by molar-refractivity contribution is 6.35. The summed E-state index contributed by atoms with van der Waals surface area (Å²) in [6, 6.07) is 0. The Labute approximate surface area is 117 Å². The van der Waals surface area contributed by atoms with Gasteiger partial charge in [-0.2, -0.15) is 0 Å². The number of rotatable bonds is 1. The van der Waals surface area contributed by atoms with E-state index in [9.17, 15) is 14.4 Å². The molecule has 0 aromatic heterocycles. The minimum Gasteiger partial charge on any atom is -0.467 e. The molecule has 6 heteroatoms. The fraction of sp³-hybridized carbons (Fsp3) is 0.643. The van der Waals surface area contributed by atoms with E-state index in [2.05, 4.69) is 0 Å². The van der Waals surface area contributed by atoms with Crippen LogP contribution in [0.15, 0.2) is 11.6 Å². The number of allylic oxidation sites excluding steroid dienone is 1. The molecule has 2 aliphatic heterocycles. The van der Waals surface area contributed by atoms with E-state index in [1.807, 2.05) is 20.8 Å². The van der Waals surface area contributed by atoms with E-state index in [0.29, 0.717) is 0 Å². The average Bonchev–Trinajstić information content (AvgIpc) is 2.86. The molecule has 0 bridgehead atoms. The Kier molecular flexibility index (Phi) is 3.25. The van der Waals surface area contributed by atoms with Gasteiger partial charge in [-0.25, -0.2) is 4.79 Å². The van der Waals surface area contributed by atoms with Crippen LogP contribution in [0.1, 0.15) is 27.7 Å². The lowest BCUT2D eigenvalue weighted by atomic mass is 9.91. The van der Waals surface area contributed by atoms with Gasteiger partial charge in [0.15, 0.2) is 0 Å². The molecule has 6 nitrogen and oxygen atoms in total. The number of amides is 1. The first kappa shape index (κ1) is 14.7. The Morgan fingerprint density at radius 3 is 2.50 bits per heavy atom. The van der Waals surface area contributed by atoms with E-state index in [0.717, 1.165) is 0 Å². The maximum Gasteiger partial charge on any atom is 0.342 e. The second kappa shape index (κ2) is 4.41. The van der Waals surface area contributed by atoms with Gasteiger partial charge in [0.05, 0.1) is 19.3 Å². The molecule has 2 heterocycles. The van der Waals surface area contributed by atoms with Gasteiger partial charge < -0.3 is 9.47 Å². The highest BCUT2D eigenvalue weighted by Crippen LogP contribution is 2.44. The molecule has 2 fully saturated rings. The number of hydrogen-bond donors (Lipinski definition) is 0. The van der Waals surface area contributed by atoms with Crippen LogP contribution in [0.25, 0.3) is 0 Å². The monoisotopic (exact) mass is 281 g/mol. The quantitative estimate of drug-likeness (QED) is 0.305. The van der Waals surface area contributed by atoms with Crippen molar-refractivity contribution in [2.24, 2.45) is 5.41 Å². The van der Waals surface area contributed by atoms with Crippen molar-refractivity contribution in [2.45, 2.75) is 39.5 Å². The summed E-state index contributed by atoms with van der Waals surface area (Å²) in [6.45, 7) is 7.10. The van der Waals surface area contributed by atoms with Crippen molar-refractivity contribution in [1.29, 1.82) is 0 Å². The molecule has 2 aliphatic rings. The normalized spacial score (nSPS) is 31.9. The minimum absolute atomic E-state index is 0.0213. The number of carbonyl (C=O) groups is 3. The second-order valence-electron chi connectivity index (χ2n) is 6.09. The van der Waals surface area contributed by atoms with E-state index in [4.69, 9.17) is 9.47 Å². The minimum atomic E-state index is -1.66. The summed E-state index contributed by atoms with van der Waals surface area (Å²) >= 11 is 0. The van der Waals surface area contributed by atoms with Gasteiger partial charge in [-0.1, -0.05) is 26.8 Å². The van der Waals surface area contributed by atoms with Gasteiger partial charge in [0, 0.05) is 5.41 Å². The van der Waals surface area contributed by atoms with Crippen LogP contribution in [0.3, 0.4) is 0 Å². The van der Waals surface area contributed by atoms with E-state index in [1.54, 1.807) is 6.92 Å². The molecular weight excluding hydrogens is 262 g/mol. The zero-order valence-corrected chi connectivity index (χ0v) is 12.4. The molecule has 0 unspecified atom stereocenters. The van der Waals surface area contributed by atoms with Crippen LogP contribution < -0.4 is 0 Å². The summed E-state index contributed by atoms with van der Waals surface area (Å²) in [7, 11) is 1.20. The van der Waals surface area contributed by atoms with Crippen molar-refractivity contribution < 1.29 is 23.9 Å². The van der Waals surface area contributed by atoms with Crippen LogP contribution in [-0.4, -0.2) is 48.0 Å². The molecule has 110 valence electrons. The van der Waals surface area contributed by atoms with Crippen LogP contribution in [-0.2, 0) is 23.9 Å². The molecule has 2 rings (SSSR count). The topological polar surface area (TPSA) is 72.9 Å². The third-order valence-electron chi connectivity index (χ3n) is 3.72. The lowest BCUT2D eigenvalue weighted by Crippen LogP contribution is -2.57. The van der Waals surface area contributed by atoms with Crippen molar-refractivity contribution >= 4 is 17.7 Å². The molecule has 0 spiro atoms. The highest BCUT2D eigenvalue weighted by atomic mass is 16.6. The Bertz CT molecular complexity index is 516. The summed E-state index contributed by atoms with van der Waals surface area (Å²) in [5, 5.41) is 0. The summed E-state index contributed by atoms with van der Waals surface area (Å²) in [5.74, 6) is -1.76. The molecule has 20 heavy (non-hydrogen) atoms. The lowest BCUT2D eigenvalue weighted by Gasteiger charge is -2.35. The Hall–Kier alpha value is -1.69. The third-order valence-corrected chi connectivity index (χ3v) is 3.72. The van der Waals surface area contributed by atoms with Gasteiger partial charge in [-0.05, 0) is 6.92 Å². The standard InChI is InChI=1S/C14H19NO5/c1-6-8-9(16)14(12(18)19-5)7-20-11(13(2,3)4)15(14)10(8)17/h6,11H,7H2,1-5H3/b8-6+/t11-,14-/m1/s1. The van der Waals surface area contributed by atoms with Crippen molar-refractivity contribution in [1.82, 2.24) is 4.90 Å². The fourth-order valence-electron chi connectivity index (χ4n) is 2.76. The predicted molar refractivity (Wildman–Crippen MR) is 69.6 cm³/mol. The highest BCUT2D eigenvalue weighted by Gasteiger charge is 2.68. The molecule has 1 amide bonds.